The summed E-state index contributed by atoms with van der Waals surface area (Å²) >= 11 is 11.8. The number of ether oxygens (including phenoxy) is 1. The Kier molecular flexibility index (Phi) is 6.39. The van der Waals surface area contributed by atoms with Gasteiger partial charge in [0.05, 0.1) is 21.4 Å². The lowest BCUT2D eigenvalue weighted by molar-refractivity contribution is -0.147. The molecule has 9 heteroatoms. The molecule has 1 N–H and O–H groups in total. The lowest BCUT2D eigenvalue weighted by atomic mass is 10.1. The van der Waals surface area contributed by atoms with Crippen molar-refractivity contribution in [1.82, 2.24) is 10.1 Å². The lowest BCUT2D eigenvalue weighted by Crippen LogP contribution is -2.22. The zero-order chi connectivity index (χ0) is 18.6. The molecule has 0 saturated carbocycles. The van der Waals surface area contributed by atoms with Crippen molar-refractivity contribution in [2.75, 3.05) is 11.9 Å². The number of carbonyl (C=O) groups is 2. The van der Waals surface area contributed by atoms with Crippen molar-refractivity contribution in [2.45, 2.75) is 33.6 Å². The molecule has 25 heavy (non-hydrogen) atoms. The van der Waals surface area contributed by atoms with Gasteiger partial charge in [0.1, 0.15) is 5.76 Å². The second kappa shape index (κ2) is 8.31. The monoisotopic (exact) mass is 385 g/mol. The Morgan fingerprint density at radius 1 is 1.20 bits per heavy atom. The summed E-state index contributed by atoms with van der Waals surface area (Å²) < 4.78 is 9.98. The molecule has 2 heterocycles. The minimum Gasteiger partial charge on any atom is -0.456 e. The fourth-order valence-electron chi connectivity index (χ4n) is 2.12. The Hall–Kier alpha value is -2.12. The summed E-state index contributed by atoms with van der Waals surface area (Å²) in [5.74, 6) is -0.203. The molecule has 1 amide bonds. The second-order valence-electron chi connectivity index (χ2n) is 5.40. The van der Waals surface area contributed by atoms with E-state index in [9.17, 15) is 9.59 Å². The van der Waals surface area contributed by atoms with Crippen molar-refractivity contribution in [2.24, 2.45) is 0 Å². The van der Waals surface area contributed by atoms with Crippen LogP contribution in [0.3, 0.4) is 0 Å². The van der Waals surface area contributed by atoms with Crippen LogP contribution in [-0.2, 0) is 20.7 Å². The van der Waals surface area contributed by atoms with Crippen LogP contribution < -0.4 is 5.32 Å². The van der Waals surface area contributed by atoms with Gasteiger partial charge in [-0.2, -0.15) is 0 Å². The highest BCUT2D eigenvalue weighted by molar-refractivity contribution is 6.36. The highest BCUT2D eigenvalue weighted by Gasteiger charge is 2.14. The standard InChI is InChI=1S/C16H17Cl2N3O4/c1-8-11(10(3)25-21-8)4-5-15(23)24-7-14(22)20-16-13(18)6-12(17)9(2)19-16/h6H,4-5,7H2,1-3H3,(H,19,20,22). The van der Waals surface area contributed by atoms with Gasteiger partial charge < -0.3 is 14.6 Å². The highest BCUT2D eigenvalue weighted by atomic mass is 35.5. The van der Waals surface area contributed by atoms with Crippen molar-refractivity contribution >= 4 is 40.9 Å². The fourth-order valence-corrected chi connectivity index (χ4v) is 2.52. The van der Waals surface area contributed by atoms with E-state index in [1.54, 1.807) is 20.8 Å². The number of carbonyl (C=O) groups excluding carboxylic acids is 2. The normalized spacial score (nSPS) is 10.6. The maximum absolute atomic E-state index is 11.9. The van der Waals surface area contributed by atoms with Gasteiger partial charge in [-0.1, -0.05) is 28.4 Å². The lowest BCUT2D eigenvalue weighted by Gasteiger charge is -2.09. The fraction of sp³-hybridized carbons (Fsp3) is 0.375. The maximum atomic E-state index is 11.9. The van der Waals surface area contributed by atoms with Crippen LogP contribution in [-0.4, -0.2) is 28.6 Å². The quantitative estimate of drug-likeness (QED) is 0.765. The zero-order valence-electron chi connectivity index (χ0n) is 14.0. The number of aromatic nitrogens is 2. The minimum atomic E-state index is -0.540. The highest BCUT2D eigenvalue weighted by Crippen LogP contribution is 2.25. The van der Waals surface area contributed by atoms with Crippen molar-refractivity contribution in [3.63, 3.8) is 0 Å². The molecule has 0 unspecified atom stereocenters. The predicted octanol–water partition coefficient (Wildman–Crippen LogP) is 3.42. The van der Waals surface area contributed by atoms with Gasteiger partial charge in [-0.15, -0.1) is 0 Å². The van der Waals surface area contributed by atoms with Gasteiger partial charge in [0.15, 0.2) is 12.4 Å². The van der Waals surface area contributed by atoms with E-state index in [-0.39, 0.29) is 17.3 Å². The number of pyridine rings is 1. The van der Waals surface area contributed by atoms with Gasteiger partial charge in [0.25, 0.3) is 5.91 Å². The van der Waals surface area contributed by atoms with Crippen molar-refractivity contribution in [1.29, 1.82) is 0 Å². The number of anilines is 1. The van der Waals surface area contributed by atoms with E-state index in [4.69, 9.17) is 32.5 Å². The minimum absolute atomic E-state index is 0.120. The van der Waals surface area contributed by atoms with Gasteiger partial charge in [-0.25, -0.2) is 4.98 Å². The average molecular weight is 386 g/mol. The van der Waals surface area contributed by atoms with Crippen LogP contribution in [0.2, 0.25) is 10.0 Å². The van der Waals surface area contributed by atoms with Gasteiger partial charge >= 0.3 is 5.97 Å². The van der Waals surface area contributed by atoms with Gasteiger partial charge in [-0.05, 0) is 33.3 Å². The van der Waals surface area contributed by atoms with Gasteiger partial charge in [0.2, 0.25) is 0 Å². The van der Waals surface area contributed by atoms with E-state index in [0.29, 0.717) is 22.9 Å². The molecule has 0 aliphatic carbocycles. The molecule has 0 radical (unpaired) electrons. The first-order chi connectivity index (χ1) is 11.8. The third-order valence-electron chi connectivity index (χ3n) is 3.49. The van der Waals surface area contributed by atoms with Crippen LogP contribution in [0.4, 0.5) is 5.82 Å². The molecule has 0 atom stereocenters. The molecule has 0 aliphatic heterocycles. The molecule has 2 aromatic rings. The Bertz CT molecular complexity index is 785. The van der Waals surface area contributed by atoms with Crippen LogP contribution in [0.5, 0.6) is 0 Å². The summed E-state index contributed by atoms with van der Waals surface area (Å²) in [5.41, 5.74) is 2.13. The van der Waals surface area contributed by atoms with E-state index < -0.39 is 18.5 Å². The SMILES string of the molecule is Cc1nc(NC(=O)COC(=O)CCc2c(C)noc2C)c(Cl)cc1Cl. The van der Waals surface area contributed by atoms with Crippen molar-refractivity contribution in [3.8, 4) is 0 Å². The molecule has 0 bridgehead atoms. The summed E-state index contributed by atoms with van der Waals surface area (Å²) in [6.45, 7) is 4.83. The van der Waals surface area contributed by atoms with Crippen molar-refractivity contribution in [3.05, 3.63) is 38.8 Å². The molecule has 0 aromatic carbocycles. The number of hydrogen-bond acceptors (Lipinski definition) is 6. The molecule has 134 valence electrons. The molecule has 0 fully saturated rings. The number of aryl methyl sites for hydroxylation is 3. The topological polar surface area (TPSA) is 94.3 Å². The van der Waals surface area contributed by atoms with Gasteiger partial charge in [0, 0.05) is 12.0 Å². The maximum Gasteiger partial charge on any atom is 0.306 e. The first kappa shape index (κ1) is 19.2. The van der Waals surface area contributed by atoms with E-state index in [2.05, 4.69) is 15.5 Å². The smallest absolute Gasteiger partial charge is 0.306 e. The molecule has 7 nitrogen and oxygen atoms in total. The van der Waals surface area contributed by atoms with Crippen LogP contribution in [0, 0.1) is 20.8 Å². The van der Waals surface area contributed by atoms with Crippen LogP contribution in [0.1, 0.15) is 29.1 Å². The number of hydrogen-bond donors (Lipinski definition) is 1. The Balaban J connectivity index is 1.82. The van der Waals surface area contributed by atoms with Crippen LogP contribution in [0.25, 0.3) is 0 Å². The summed E-state index contributed by atoms with van der Waals surface area (Å²) in [6.07, 6.45) is 0.556. The molecule has 2 aromatic heterocycles. The number of nitrogens with zero attached hydrogens (tertiary/aromatic N) is 2. The largest absolute Gasteiger partial charge is 0.456 e. The van der Waals surface area contributed by atoms with E-state index in [0.717, 1.165) is 11.3 Å². The van der Waals surface area contributed by atoms with Crippen molar-refractivity contribution < 1.29 is 18.8 Å². The Morgan fingerprint density at radius 2 is 1.92 bits per heavy atom. The average Bonchev–Trinajstić information content (AvgIpc) is 2.87. The molecule has 0 aliphatic rings. The number of nitrogens with one attached hydrogen (secondary N) is 1. The first-order valence-electron chi connectivity index (χ1n) is 7.47. The predicted molar refractivity (Wildman–Crippen MR) is 92.9 cm³/mol. The molecule has 0 spiro atoms. The third kappa shape index (κ3) is 5.17. The number of amides is 1. The summed E-state index contributed by atoms with van der Waals surface area (Å²) in [5, 5.41) is 6.89. The van der Waals surface area contributed by atoms with E-state index >= 15 is 0 Å². The Morgan fingerprint density at radius 3 is 2.56 bits per heavy atom. The second-order valence-corrected chi connectivity index (χ2v) is 6.21. The molecular formula is C16H17Cl2N3O4. The summed E-state index contributed by atoms with van der Waals surface area (Å²) in [4.78, 5) is 27.7. The number of rotatable bonds is 6. The van der Waals surface area contributed by atoms with Crippen LogP contribution in [0.15, 0.2) is 10.6 Å². The zero-order valence-corrected chi connectivity index (χ0v) is 15.5. The number of esters is 1. The number of halogens is 2. The van der Waals surface area contributed by atoms with E-state index in [1.807, 2.05) is 0 Å². The molecule has 2 rings (SSSR count). The summed E-state index contributed by atoms with van der Waals surface area (Å²) in [7, 11) is 0. The third-order valence-corrected chi connectivity index (χ3v) is 4.16. The molecular weight excluding hydrogens is 369 g/mol. The first-order valence-corrected chi connectivity index (χ1v) is 8.23. The molecule has 0 saturated heterocycles. The Labute approximate surface area is 154 Å². The summed E-state index contributed by atoms with van der Waals surface area (Å²) in [6, 6.07) is 1.48. The van der Waals surface area contributed by atoms with Gasteiger partial charge in [-0.3, -0.25) is 9.59 Å². The van der Waals surface area contributed by atoms with E-state index in [1.165, 1.54) is 6.07 Å². The van der Waals surface area contributed by atoms with Crippen LogP contribution >= 0.6 is 23.2 Å².